The number of carbonyl (C=O) groups is 2. The highest BCUT2D eigenvalue weighted by Crippen LogP contribution is 2.42. The first-order valence-electron chi connectivity index (χ1n) is 10.9. The number of hydrogen-bond acceptors (Lipinski definition) is 6. The van der Waals surface area contributed by atoms with Gasteiger partial charge in [0.15, 0.2) is 11.5 Å². The van der Waals surface area contributed by atoms with Gasteiger partial charge >= 0.3 is 0 Å². The lowest BCUT2D eigenvalue weighted by Crippen LogP contribution is -2.29. The van der Waals surface area contributed by atoms with Crippen molar-refractivity contribution in [2.24, 2.45) is 0 Å². The molecule has 7 nitrogen and oxygen atoms in total. The van der Waals surface area contributed by atoms with Crippen molar-refractivity contribution in [1.82, 2.24) is 4.90 Å². The van der Waals surface area contributed by atoms with Crippen LogP contribution >= 0.6 is 0 Å². The number of ether oxygens (including phenoxy) is 2. The molecule has 0 aromatic heterocycles. The number of likely N-dealkylation sites (tertiary alicyclic amines) is 1. The van der Waals surface area contributed by atoms with Crippen LogP contribution in [0.2, 0.25) is 0 Å². The second-order valence-electron chi connectivity index (χ2n) is 7.80. The Hall–Kier alpha value is -4.26. The van der Waals surface area contributed by atoms with Crippen LogP contribution in [0.3, 0.4) is 0 Å². The molecule has 0 spiro atoms. The number of aromatic hydroxyl groups is 1. The van der Waals surface area contributed by atoms with Crippen molar-refractivity contribution >= 4 is 17.4 Å². The standard InChI is InChI=1S/C27H25NO6/c1-3-34-22-15-18(12-13-21(22)29)24-23(25(30)19-10-7-11-20(14-19)33-2)26(31)27(32)28(24)16-17-8-5-4-6-9-17/h4-15,24,29-30H,3,16H2,1-2H3. The lowest BCUT2D eigenvalue weighted by atomic mass is 9.94. The molecule has 174 valence electrons. The molecule has 34 heavy (non-hydrogen) atoms. The van der Waals surface area contributed by atoms with Gasteiger partial charge in [0.2, 0.25) is 0 Å². The van der Waals surface area contributed by atoms with Gasteiger partial charge in [0.1, 0.15) is 11.5 Å². The molecule has 7 heteroatoms. The van der Waals surface area contributed by atoms with E-state index in [1.54, 1.807) is 43.3 Å². The van der Waals surface area contributed by atoms with Gasteiger partial charge in [-0.1, -0.05) is 48.5 Å². The number of methoxy groups -OCH3 is 1. The number of rotatable bonds is 7. The molecule has 1 fully saturated rings. The number of nitrogens with zero attached hydrogens (tertiary/aromatic N) is 1. The topological polar surface area (TPSA) is 96.3 Å². The van der Waals surface area contributed by atoms with Gasteiger partial charge in [-0.2, -0.15) is 0 Å². The molecule has 3 aromatic rings. The Morgan fingerprint density at radius 3 is 2.47 bits per heavy atom. The first kappa shape index (κ1) is 22.9. The molecule has 1 heterocycles. The Morgan fingerprint density at radius 2 is 1.76 bits per heavy atom. The lowest BCUT2D eigenvalue weighted by Gasteiger charge is -2.26. The van der Waals surface area contributed by atoms with Gasteiger partial charge in [-0.05, 0) is 42.3 Å². The van der Waals surface area contributed by atoms with Crippen LogP contribution in [0.25, 0.3) is 5.76 Å². The van der Waals surface area contributed by atoms with Crippen molar-refractivity contribution in [2.75, 3.05) is 13.7 Å². The highest BCUT2D eigenvalue weighted by molar-refractivity contribution is 6.46. The van der Waals surface area contributed by atoms with E-state index in [4.69, 9.17) is 9.47 Å². The van der Waals surface area contributed by atoms with Crippen molar-refractivity contribution in [2.45, 2.75) is 19.5 Å². The summed E-state index contributed by atoms with van der Waals surface area (Å²) in [6.07, 6.45) is 0. The van der Waals surface area contributed by atoms with Crippen molar-refractivity contribution in [3.05, 3.63) is 95.1 Å². The monoisotopic (exact) mass is 459 g/mol. The van der Waals surface area contributed by atoms with E-state index in [2.05, 4.69) is 0 Å². The van der Waals surface area contributed by atoms with Crippen LogP contribution in [-0.4, -0.2) is 40.5 Å². The van der Waals surface area contributed by atoms with Crippen LogP contribution in [0, 0.1) is 0 Å². The minimum Gasteiger partial charge on any atom is -0.507 e. The Kier molecular flexibility index (Phi) is 6.54. The van der Waals surface area contributed by atoms with Crippen LogP contribution in [-0.2, 0) is 16.1 Å². The maximum atomic E-state index is 13.2. The predicted molar refractivity (Wildman–Crippen MR) is 127 cm³/mol. The van der Waals surface area contributed by atoms with E-state index in [1.807, 2.05) is 30.3 Å². The van der Waals surface area contributed by atoms with Gasteiger partial charge in [-0.25, -0.2) is 0 Å². The third-order valence-corrected chi connectivity index (χ3v) is 5.68. The molecular formula is C27H25NO6. The minimum absolute atomic E-state index is 0.0395. The average molecular weight is 459 g/mol. The average Bonchev–Trinajstić information content (AvgIpc) is 3.10. The van der Waals surface area contributed by atoms with Crippen LogP contribution < -0.4 is 9.47 Å². The quantitative estimate of drug-likeness (QED) is 0.308. The third-order valence-electron chi connectivity index (χ3n) is 5.68. The van der Waals surface area contributed by atoms with Gasteiger partial charge in [0.05, 0.1) is 25.3 Å². The summed E-state index contributed by atoms with van der Waals surface area (Å²) in [6, 6.07) is 19.7. The summed E-state index contributed by atoms with van der Waals surface area (Å²) in [5.41, 5.74) is 1.67. The van der Waals surface area contributed by atoms with Crippen LogP contribution in [0.4, 0.5) is 0 Å². The van der Waals surface area contributed by atoms with E-state index in [0.29, 0.717) is 23.5 Å². The molecule has 2 N–H and O–H groups in total. The number of benzene rings is 3. The first-order chi connectivity index (χ1) is 16.4. The summed E-state index contributed by atoms with van der Waals surface area (Å²) >= 11 is 0. The summed E-state index contributed by atoms with van der Waals surface area (Å²) in [7, 11) is 1.50. The molecule has 0 aliphatic carbocycles. The molecule has 3 aromatic carbocycles. The van der Waals surface area contributed by atoms with Gasteiger partial charge in [0.25, 0.3) is 11.7 Å². The second-order valence-corrected chi connectivity index (χ2v) is 7.80. The molecule has 0 saturated carbocycles. The molecule has 1 unspecified atom stereocenters. The maximum Gasteiger partial charge on any atom is 0.295 e. The largest absolute Gasteiger partial charge is 0.507 e. The molecule has 0 radical (unpaired) electrons. The van der Waals surface area contributed by atoms with Crippen molar-refractivity contribution in [3.8, 4) is 17.2 Å². The summed E-state index contributed by atoms with van der Waals surface area (Å²) in [4.78, 5) is 27.8. The van der Waals surface area contributed by atoms with E-state index >= 15 is 0 Å². The van der Waals surface area contributed by atoms with E-state index in [-0.39, 0.29) is 29.4 Å². The number of amides is 1. The summed E-state index contributed by atoms with van der Waals surface area (Å²) in [5, 5.41) is 21.4. The van der Waals surface area contributed by atoms with Gasteiger partial charge < -0.3 is 24.6 Å². The molecular weight excluding hydrogens is 434 g/mol. The van der Waals surface area contributed by atoms with Gasteiger partial charge in [-0.15, -0.1) is 0 Å². The number of ketones is 1. The fourth-order valence-corrected chi connectivity index (χ4v) is 4.07. The van der Waals surface area contributed by atoms with E-state index < -0.39 is 17.7 Å². The van der Waals surface area contributed by atoms with Crippen molar-refractivity contribution in [1.29, 1.82) is 0 Å². The molecule has 0 bridgehead atoms. The van der Waals surface area contributed by atoms with E-state index in [9.17, 15) is 19.8 Å². The fraction of sp³-hybridized carbons (Fsp3) is 0.185. The zero-order valence-corrected chi connectivity index (χ0v) is 18.9. The summed E-state index contributed by atoms with van der Waals surface area (Å²) in [6.45, 7) is 2.28. The van der Waals surface area contributed by atoms with Crippen molar-refractivity contribution < 1.29 is 29.3 Å². The number of phenolic OH excluding ortho intramolecular Hbond substituents is 1. The smallest absolute Gasteiger partial charge is 0.295 e. The number of hydrogen-bond donors (Lipinski definition) is 2. The zero-order chi connectivity index (χ0) is 24.2. The fourth-order valence-electron chi connectivity index (χ4n) is 4.07. The second kappa shape index (κ2) is 9.70. The van der Waals surface area contributed by atoms with Crippen molar-refractivity contribution in [3.63, 3.8) is 0 Å². The molecule has 1 aliphatic rings. The number of aliphatic hydroxyl groups is 1. The van der Waals surface area contributed by atoms with Crippen LogP contribution in [0.15, 0.2) is 78.4 Å². The third kappa shape index (κ3) is 4.32. The first-order valence-corrected chi connectivity index (χ1v) is 10.9. The number of Topliss-reactive ketones (excluding diaryl/α,β-unsaturated/α-hetero) is 1. The van der Waals surface area contributed by atoms with Gasteiger partial charge in [0, 0.05) is 12.1 Å². The molecule has 4 rings (SSSR count). The van der Waals surface area contributed by atoms with Gasteiger partial charge in [-0.3, -0.25) is 9.59 Å². The number of aliphatic hydroxyl groups excluding tert-OH is 1. The van der Waals surface area contributed by atoms with Crippen LogP contribution in [0.1, 0.15) is 29.7 Å². The Bertz CT molecular complexity index is 1250. The highest BCUT2D eigenvalue weighted by Gasteiger charge is 2.46. The highest BCUT2D eigenvalue weighted by atomic mass is 16.5. The van der Waals surface area contributed by atoms with Crippen LogP contribution in [0.5, 0.6) is 17.2 Å². The van der Waals surface area contributed by atoms with E-state index in [1.165, 1.54) is 18.1 Å². The molecule has 1 atom stereocenters. The zero-order valence-electron chi connectivity index (χ0n) is 18.9. The molecule has 1 saturated heterocycles. The normalized spacial score (nSPS) is 17.1. The molecule has 1 amide bonds. The summed E-state index contributed by atoms with van der Waals surface area (Å²) < 4.78 is 10.8. The number of carbonyl (C=O) groups excluding carboxylic acids is 2. The lowest BCUT2D eigenvalue weighted by molar-refractivity contribution is -0.140. The Balaban J connectivity index is 1.89. The molecule has 1 aliphatic heterocycles. The predicted octanol–water partition coefficient (Wildman–Crippen LogP) is 4.42. The Labute approximate surface area is 197 Å². The SMILES string of the molecule is CCOc1cc(C2C(=C(O)c3cccc(OC)c3)C(=O)C(=O)N2Cc2ccccc2)ccc1O. The maximum absolute atomic E-state index is 13.2. The minimum atomic E-state index is -0.883. The number of phenols is 1. The summed E-state index contributed by atoms with van der Waals surface area (Å²) in [5.74, 6) is -1.13. The van der Waals surface area contributed by atoms with E-state index in [0.717, 1.165) is 5.56 Å². The Morgan fingerprint density at radius 1 is 1.00 bits per heavy atom.